The predicted octanol–water partition coefficient (Wildman–Crippen LogP) is 5.09. The number of rotatable bonds is 7. The highest BCUT2D eigenvalue weighted by molar-refractivity contribution is 7.09. The lowest BCUT2D eigenvalue weighted by Crippen LogP contribution is -2.32. The van der Waals surface area contributed by atoms with Gasteiger partial charge in [-0.25, -0.2) is 4.79 Å². The maximum absolute atomic E-state index is 13.3. The van der Waals surface area contributed by atoms with Gasteiger partial charge >= 0.3 is 12.3 Å². The number of alkyl halides is 2. The van der Waals surface area contributed by atoms with Crippen molar-refractivity contribution < 1.29 is 23.0 Å². The van der Waals surface area contributed by atoms with Crippen molar-refractivity contribution in [3.8, 4) is 17.2 Å². The minimum absolute atomic E-state index is 0.0221. The van der Waals surface area contributed by atoms with Crippen LogP contribution in [-0.2, 0) is 0 Å². The standard InChI is InChI=1S/C20H25F2N3O3S/c1-4-6-10-24(11-7-5-2)18(26)23-19-25(13-14(3)29-19)15-8-9-16-17(12-15)28-20(21,22)27-16/h8-9,12-13H,4-7,10-11H2,1-3H3. The number of nitrogens with zero attached hydrogens (tertiary/aromatic N) is 3. The van der Waals surface area contributed by atoms with E-state index in [0.29, 0.717) is 23.6 Å². The Morgan fingerprint density at radius 2 is 1.83 bits per heavy atom. The van der Waals surface area contributed by atoms with Crippen molar-refractivity contribution in [3.63, 3.8) is 0 Å². The van der Waals surface area contributed by atoms with Crippen molar-refractivity contribution in [1.29, 1.82) is 0 Å². The van der Waals surface area contributed by atoms with E-state index in [-0.39, 0.29) is 17.5 Å². The topological polar surface area (TPSA) is 56.1 Å². The number of carbonyl (C=O) groups is 1. The van der Waals surface area contributed by atoms with Crippen LogP contribution in [0, 0.1) is 6.92 Å². The lowest BCUT2D eigenvalue weighted by molar-refractivity contribution is -0.286. The minimum atomic E-state index is -3.67. The number of ether oxygens (including phenoxy) is 2. The third kappa shape index (κ3) is 5.14. The largest absolute Gasteiger partial charge is 0.586 e. The number of fused-ring (bicyclic) bond motifs is 1. The van der Waals surface area contributed by atoms with E-state index in [2.05, 4.69) is 28.3 Å². The highest BCUT2D eigenvalue weighted by Crippen LogP contribution is 2.41. The van der Waals surface area contributed by atoms with Crippen LogP contribution in [0.2, 0.25) is 0 Å². The number of unbranched alkanes of at least 4 members (excludes halogenated alkanes) is 2. The molecule has 2 heterocycles. The number of thiazole rings is 1. The average molecular weight is 426 g/mol. The van der Waals surface area contributed by atoms with Crippen LogP contribution in [0.15, 0.2) is 29.4 Å². The first kappa shape index (κ1) is 21.3. The van der Waals surface area contributed by atoms with Crippen LogP contribution >= 0.6 is 11.3 Å². The second kappa shape index (κ2) is 8.94. The van der Waals surface area contributed by atoms with Crippen LogP contribution in [0.1, 0.15) is 44.4 Å². The van der Waals surface area contributed by atoms with Crippen LogP contribution in [-0.4, -0.2) is 34.9 Å². The zero-order chi connectivity index (χ0) is 21.0. The Kier molecular flexibility index (Phi) is 6.56. The van der Waals surface area contributed by atoms with E-state index in [1.807, 2.05) is 13.1 Å². The summed E-state index contributed by atoms with van der Waals surface area (Å²) >= 11 is 1.36. The van der Waals surface area contributed by atoms with Gasteiger partial charge in [-0.15, -0.1) is 20.1 Å². The summed E-state index contributed by atoms with van der Waals surface area (Å²) in [5.41, 5.74) is 0.564. The molecular weight excluding hydrogens is 400 g/mol. The van der Waals surface area contributed by atoms with Crippen LogP contribution in [0.3, 0.4) is 0 Å². The average Bonchev–Trinajstić information content (AvgIpc) is 3.18. The molecule has 29 heavy (non-hydrogen) atoms. The summed E-state index contributed by atoms with van der Waals surface area (Å²) in [6.45, 7) is 7.40. The summed E-state index contributed by atoms with van der Waals surface area (Å²) in [6, 6.07) is 4.23. The molecule has 1 aliphatic heterocycles. The summed E-state index contributed by atoms with van der Waals surface area (Å²) in [6.07, 6.45) is 1.98. The van der Waals surface area contributed by atoms with Crippen molar-refractivity contribution in [1.82, 2.24) is 9.47 Å². The molecule has 0 atom stereocenters. The monoisotopic (exact) mass is 425 g/mol. The quantitative estimate of drug-likeness (QED) is 0.621. The maximum atomic E-state index is 13.3. The molecule has 0 N–H and O–H groups in total. The summed E-state index contributed by atoms with van der Waals surface area (Å²) in [5.74, 6) is -0.0696. The third-order valence-electron chi connectivity index (χ3n) is 4.46. The van der Waals surface area contributed by atoms with E-state index < -0.39 is 6.29 Å². The molecule has 158 valence electrons. The van der Waals surface area contributed by atoms with Crippen molar-refractivity contribution >= 4 is 17.4 Å². The Bertz CT molecular complexity index is 931. The normalized spacial score (nSPS) is 15.0. The molecular formula is C20H25F2N3O3S. The van der Waals surface area contributed by atoms with Gasteiger partial charge in [0.2, 0.25) is 0 Å². The fourth-order valence-corrected chi connectivity index (χ4v) is 3.79. The fraction of sp³-hybridized carbons (Fsp3) is 0.500. The second-order valence-electron chi connectivity index (χ2n) is 6.88. The molecule has 0 saturated heterocycles. The first-order chi connectivity index (χ1) is 13.8. The fourth-order valence-electron chi connectivity index (χ4n) is 2.96. The molecule has 0 fully saturated rings. The molecule has 2 amide bonds. The Balaban J connectivity index is 1.91. The van der Waals surface area contributed by atoms with Crippen molar-refractivity contribution in [2.45, 2.75) is 52.7 Å². The number of amides is 2. The third-order valence-corrected chi connectivity index (χ3v) is 5.36. The number of hydrogen-bond acceptors (Lipinski definition) is 4. The molecule has 2 aromatic rings. The number of benzene rings is 1. The van der Waals surface area contributed by atoms with Crippen molar-refractivity contribution in [3.05, 3.63) is 34.1 Å². The van der Waals surface area contributed by atoms with E-state index in [0.717, 1.165) is 30.6 Å². The number of halogens is 2. The number of aryl methyl sites for hydroxylation is 1. The zero-order valence-electron chi connectivity index (χ0n) is 16.8. The summed E-state index contributed by atoms with van der Waals surface area (Å²) in [5, 5.41) is 0. The highest BCUT2D eigenvalue weighted by Gasteiger charge is 2.43. The Morgan fingerprint density at radius 1 is 1.17 bits per heavy atom. The molecule has 0 aliphatic carbocycles. The van der Waals surface area contributed by atoms with Crippen LogP contribution in [0.25, 0.3) is 5.69 Å². The van der Waals surface area contributed by atoms with E-state index in [1.54, 1.807) is 15.5 Å². The number of aromatic nitrogens is 1. The van der Waals surface area contributed by atoms with Gasteiger partial charge in [-0.05, 0) is 31.9 Å². The smallest absolute Gasteiger partial charge is 0.395 e. The van der Waals surface area contributed by atoms with Gasteiger partial charge in [0.25, 0.3) is 0 Å². The molecule has 1 aromatic heterocycles. The van der Waals surface area contributed by atoms with E-state index >= 15 is 0 Å². The van der Waals surface area contributed by atoms with E-state index in [4.69, 9.17) is 0 Å². The lowest BCUT2D eigenvalue weighted by Gasteiger charge is -2.19. The first-order valence-corrected chi connectivity index (χ1v) is 10.6. The van der Waals surface area contributed by atoms with Crippen LogP contribution in [0.5, 0.6) is 11.5 Å². The van der Waals surface area contributed by atoms with Crippen molar-refractivity contribution in [2.75, 3.05) is 13.1 Å². The van der Waals surface area contributed by atoms with Gasteiger partial charge in [-0.1, -0.05) is 26.7 Å². The molecule has 9 heteroatoms. The molecule has 0 radical (unpaired) electrons. The van der Waals surface area contributed by atoms with Crippen LogP contribution in [0.4, 0.5) is 13.6 Å². The molecule has 0 bridgehead atoms. The van der Waals surface area contributed by atoms with Crippen molar-refractivity contribution in [2.24, 2.45) is 4.99 Å². The Morgan fingerprint density at radius 3 is 2.48 bits per heavy atom. The second-order valence-corrected chi connectivity index (χ2v) is 8.09. The Hall–Kier alpha value is -2.42. The van der Waals surface area contributed by atoms with E-state index in [1.165, 1.54) is 23.5 Å². The highest BCUT2D eigenvalue weighted by atomic mass is 32.1. The molecule has 0 spiro atoms. The SMILES string of the molecule is CCCCN(CCCC)C(=O)N=c1sc(C)cn1-c1ccc2c(c1)OC(F)(F)O2. The predicted molar refractivity (Wildman–Crippen MR) is 107 cm³/mol. The molecule has 3 rings (SSSR count). The summed E-state index contributed by atoms with van der Waals surface area (Å²) in [7, 11) is 0. The number of urea groups is 1. The maximum Gasteiger partial charge on any atom is 0.586 e. The van der Waals surface area contributed by atoms with Gasteiger partial charge in [0.15, 0.2) is 16.3 Å². The molecule has 1 aliphatic rings. The molecule has 6 nitrogen and oxygen atoms in total. The number of hydrogen-bond donors (Lipinski definition) is 0. The molecule has 1 aromatic carbocycles. The summed E-state index contributed by atoms with van der Waals surface area (Å²) < 4.78 is 37.3. The van der Waals surface area contributed by atoms with Gasteiger partial charge in [0.1, 0.15) is 0 Å². The minimum Gasteiger partial charge on any atom is -0.395 e. The van der Waals surface area contributed by atoms with E-state index in [9.17, 15) is 13.6 Å². The van der Waals surface area contributed by atoms with Gasteiger partial charge in [0, 0.05) is 30.2 Å². The van der Waals surface area contributed by atoms with Gasteiger partial charge in [-0.3, -0.25) is 4.57 Å². The Labute approximate surface area is 172 Å². The van der Waals surface area contributed by atoms with Gasteiger partial charge < -0.3 is 14.4 Å². The number of carbonyl (C=O) groups excluding carboxylic acids is 1. The zero-order valence-corrected chi connectivity index (χ0v) is 17.6. The van der Waals surface area contributed by atoms with Gasteiger partial charge in [-0.2, -0.15) is 4.99 Å². The lowest BCUT2D eigenvalue weighted by atomic mass is 10.3. The van der Waals surface area contributed by atoms with Gasteiger partial charge in [0.05, 0.1) is 5.69 Å². The molecule has 0 saturated carbocycles. The molecule has 0 unspecified atom stereocenters. The first-order valence-electron chi connectivity index (χ1n) is 9.76. The summed E-state index contributed by atoms with van der Waals surface area (Å²) in [4.78, 5) is 20.3. The van der Waals surface area contributed by atoms with Crippen LogP contribution < -0.4 is 14.3 Å².